The molecule has 0 unspecified atom stereocenters. The van der Waals surface area contributed by atoms with E-state index in [0.29, 0.717) is 0 Å². The molecule has 0 spiro atoms. The lowest BCUT2D eigenvalue weighted by atomic mass is 10.3. The second-order valence-electron chi connectivity index (χ2n) is 3.44. The maximum absolute atomic E-state index is 13.4. The SMILES string of the molecule is NCC(F)(F)CNS(=O)(=O)c1cccc(Cl)c1F. The molecule has 18 heavy (non-hydrogen) atoms. The first-order valence-electron chi connectivity index (χ1n) is 4.71. The molecule has 1 aromatic rings. The Hall–Kier alpha value is -0.830. The van der Waals surface area contributed by atoms with Crippen LogP contribution in [0.4, 0.5) is 13.2 Å². The first-order chi connectivity index (χ1) is 8.19. The number of hydrogen-bond donors (Lipinski definition) is 2. The lowest BCUT2D eigenvalue weighted by Crippen LogP contribution is -2.41. The second kappa shape index (κ2) is 5.43. The molecule has 0 radical (unpaired) electrons. The van der Waals surface area contributed by atoms with Crippen molar-refractivity contribution in [3.63, 3.8) is 0 Å². The average molecular weight is 303 g/mol. The smallest absolute Gasteiger partial charge is 0.273 e. The zero-order valence-electron chi connectivity index (χ0n) is 8.96. The highest BCUT2D eigenvalue weighted by Crippen LogP contribution is 2.22. The van der Waals surface area contributed by atoms with Gasteiger partial charge in [-0.25, -0.2) is 26.3 Å². The van der Waals surface area contributed by atoms with Crippen molar-refractivity contribution in [3.05, 3.63) is 29.0 Å². The van der Waals surface area contributed by atoms with E-state index in [1.807, 2.05) is 0 Å². The highest BCUT2D eigenvalue weighted by atomic mass is 35.5. The molecule has 102 valence electrons. The minimum absolute atomic E-state index is 0.413. The molecule has 0 saturated heterocycles. The van der Waals surface area contributed by atoms with Gasteiger partial charge in [-0.15, -0.1) is 0 Å². The van der Waals surface area contributed by atoms with Gasteiger partial charge in [0, 0.05) is 0 Å². The van der Waals surface area contributed by atoms with Crippen LogP contribution in [-0.4, -0.2) is 27.4 Å². The molecule has 1 aromatic carbocycles. The lowest BCUT2D eigenvalue weighted by Gasteiger charge is -2.15. The van der Waals surface area contributed by atoms with Crippen LogP contribution in [0.1, 0.15) is 0 Å². The van der Waals surface area contributed by atoms with Crippen LogP contribution in [0.25, 0.3) is 0 Å². The van der Waals surface area contributed by atoms with Crippen molar-refractivity contribution in [2.24, 2.45) is 5.73 Å². The fourth-order valence-electron chi connectivity index (χ4n) is 1.04. The molecule has 0 bridgehead atoms. The van der Waals surface area contributed by atoms with Crippen LogP contribution in [0, 0.1) is 5.82 Å². The van der Waals surface area contributed by atoms with Gasteiger partial charge in [0.1, 0.15) is 4.90 Å². The van der Waals surface area contributed by atoms with E-state index >= 15 is 0 Å². The highest BCUT2D eigenvalue weighted by Gasteiger charge is 2.30. The molecule has 0 heterocycles. The molecule has 0 aliphatic heterocycles. The third-order valence-corrected chi connectivity index (χ3v) is 3.74. The Morgan fingerprint density at radius 1 is 1.39 bits per heavy atom. The van der Waals surface area contributed by atoms with E-state index < -0.39 is 44.8 Å². The van der Waals surface area contributed by atoms with Gasteiger partial charge in [0.2, 0.25) is 10.0 Å². The van der Waals surface area contributed by atoms with Crippen molar-refractivity contribution in [1.82, 2.24) is 4.72 Å². The Morgan fingerprint density at radius 2 is 2.00 bits per heavy atom. The predicted octanol–water partition coefficient (Wildman–Crippen LogP) is 1.35. The molecule has 0 aliphatic rings. The minimum atomic E-state index is -4.40. The van der Waals surface area contributed by atoms with E-state index in [4.69, 9.17) is 17.3 Å². The standard InChI is InChI=1S/C9H10ClF3N2O2S/c10-6-2-1-3-7(8(6)11)18(16,17)15-5-9(12,13)4-14/h1-3,15H,4-5,14H2. The molecule has 3 N–H and O–H groups in total. The molecule has 0 aromatic heterocycles. The molecular weight excluding hydrogens is 293 g/mol. The molecule has 0 fully saturated rings. The Balaban J connectivity index is 2.98. The van der Waals surface area contributed by atoms with E-state index in [9.17, 15) is 21.6 Å². The van der Waals surface area contributed by atoms with Crippen molar-refractivity contribution in [2.75, 3.05) is 13.1 Å². The van der Waals surface area contributed by atoms with Crippen LogP contribution in [0.15, 0.2) is 23.1 Å². The fourth-order valence-corrected chi connectivity index (χ4v) is 2.43. The largest absolute Gasteiger partial charge is 0.325 e. The average Bonchev–Trinajstić information content (AvgIpc) is 2.30. The lowest BCUT2D eigenvalue weighted by molar-refractivity contribution is 0.0170. The summed E-state index contributed by atoms with van der Waals surface area (Å²) in [5, 5.41) is -0.413. The summed E-state index contributed by atoms with van der Waals surface area (Å²) < 4.78 is 63.8. The van der Waals surface area contributed by atoms with Gasteiger partial charge in [-0.05, 0) is 12.1 Å². The number of alkyl halides is 2. The third kappa shape index (κ3) is 3.58. The summed E-state index contributed by atoms with van der Waals surface area (Å²) >= 11 is 5.40. The summed E-state index contributed by atoms with van der Waals surface area (Å²) in [6.45, 7) is -2.23. The monoisotopic (exact) mass is 302 g/mol. The summed E-state index contributed by atoms with van der Waals surface area (Å²) in [4.78, 5) is -0.789. The normalized spacial score (nSPS) is 12.7. The number of benzene rings is 1. The van der Waals surface area contributed by atoms with Crippen molar-refractivity contribution >= 4 is 21.6 Å². The molecule has 0 aliphatic carbocycles. The van der Waals surface area contributed by atoms with Gasteiger partial charge < -0.3 is 5.73 Å². The van der Waals surface area contributed by atoms with Crippen molar-refractivity contribution in [2.45, 2.75) is 10.8 Å². The van der Waals surface area contributed by atoms with Crippen molar-refractivity contribution in [1.29, 1.82) is 0 Å². The van der Waals surface area contributed by atoms with Gasteiger partial charge in [-0.3, -0.25) is 0 Å². The van der Waals surface area contributed by atoms with Gasteiger partial charge >= 0.3 is 0 Å². The number of rotatable bonds is 5. The summed E-state index contributed by atoms with van der Waals surface area (Å²) in [5.74, 6) is -4.59. The maximum Gasteiger partial charge on any atom is 0.273 e. The van der Waals surface area contributed by atoms with Gasteiger partial charge in [-0.1, -0.05) is 17.7 Å². The third-order valence-electron chi connectivity index (χ3n) is 2.03. The van der Waals surface area contributed by atoms with Crippen LogP contribution >= 0.6 is 11.6 Å². The fraction of sp³-hybridized carbons (Fsp3) is 0.333. The Labute approximate surface area is 107 Å². The van der Waals surface area contributed by atoms with Crippen molar-refractivity contribution < 1.29 is 21.6 Å². The van der Waals surface area contributed by atoms with Gasteiger partial charge in [0.25, 0.3) is 5.92 Å². The van der Waals surface area contributed by atoms with E-state index in [2.05, 4.69) is 0 Å². The number of sulfonamides is 1. The molecule has 0 saturated carbocycles. The molecule has 9 heteroatoms. The first-order valence-corrected chi connectivity index (χ1v) is 6.57. The molecule has 4 nitrogen and oxygen atoms in total. The van der Waals surface area contributed by atoms with Gasteiger partial charge in [0.15, 0.2) is 5.82 Å². The van der Waals surface area contributed by atoms with Crippen LogP contribution in [-0.2, 0) is 10.0 Å². The number of hydrogen-bond acceptors (Lipinski definition) is 3. The van der Waals surface area contributed by atoms with Crippen LogP contribution < -0.4 is 10.5 Å². The summed E-state index contributed by atoms with van der Waals surface area (Å²) in [6, 6.07) is 3.26. The van der Waals surface area contributed by atoms with E-state index in [0.717, 1.165) is 12.1 Å². The molecule has 0 amide bonds. The summed E-state index contributed by atoms with van der Waals surface area (Å²) in [5.41, 5.74) is 4.75. The van der Waals surface area contributed by atoms with E-state index in [1.54, 1.807) is 4.72 Å². The Morgan fingerprint density at radius 3 is 2.56 bits per heavy atom. The quantitative estimate of drug-likeness (QED) is 0.862. The summed E-state index contributed by atoms with van der Waals surface area (Å²) in [7, 11) is -4.40. The van der Waals surface area contributed by atoms with E-state index in [1.165, 1.54) is 6.07 Å². The zero-order valence-corrected chi connectivity index (χ0v) is 10.5. The zero-order chi connectivity index (χ0) is 14.0. The molecule has 1 rings (SSSR count). The highest BCUT2D eigenvalue weighted by molar-refractivity contribution is 7.89. The number of nitrogens with two attached hydrogens (primary N) is 1. The van der Waals surface area contributed by atoms with Crippen LogP contribution in [0.5, 0.6) is 0 Å². The Bertz CT molecular complexity index is 537. The van der Waals surface area contributed by atoms with Crippen LogP contribution in [0.2, 0.25) is 5.02 Å². The maximum atomic E-state index is 13.4. The van der Waals surface area contributed by atoms with Gasteiger partial charge in [-0.2, -0.15) is 0 Å². The second-order valence-corrected chi connectivity index (χ2v) is 5.58. The number of halogens is 4. The molecule has 0 atom stereocenters. The molecular formula is C9H10ClF3N2O2S. The number of nitrogens with one attached hydrogen (secondary N) is 1. The van der Waals surface area contributed by atoms with Crippen LogP contribution in [0.3, 0.4) is 0 Å². The minimum Gasteiger partial charge on any atom is -0.325 e. The van der Waals surface area contributed by atoms with Gasteiger partial charge in [0.05, 0.1) is 18.1 Å². The topological polar surface area (TPSA) is 72.2 Å². The summed E-state index contributed by atoms with van der Waals surface area (Å²) in [6.07, 6.45) is 0. The Kier molecular flexibility index (Phi) is 4.60. The first kappa shape index (κ1) is 15.2. The van der Waals surface area contributed by atoms with E-state index in [-0.39, 0.29) is 0 Å². The predicted molar refractivity (Wildman–Crippen MR) is 60.6 cm³/mol. The van der Waals surface area contributed by atoms with Crippen molar-refractivity contribution in [3.8, 4) is 0 Å².